The topological polar surface area (TPSA) is 56.8 Å². The van der Waals surface area contributed by atoms with Crippen molar-refractivity contribution in [3.05, 3.63) is 47.0 Å². The molecule has 0 heterocycles. The summed E-state index contributed by atoms with van der Waals surface area (Å²) in [6, 6.07) is 9.07. The molecular formula is C18H21NO4. The molecule has 5 nitrogen and oxygen atoms in total. The first-order valence-corrected chi connectivity index (χ1v) is 7.20. The summed E-state index contributed by atoms with van der Waals surface area (Å²) in [5.41, 5.74) is 2.46. The highest BCUT2D eigenvalue weighted by Crippen LogP contribution is 2.42. The monoisotopic (exact) mass is 315 g/mol. The van der Waals surface area contributed by atoms with Crippen LogP contribution in [0.4, 0.5) is 5.69 Å². The zero-order chi connectivity index (χ0) is 17.0. The van der Waals surface area contributed by atoms with Crippen molar-refractivity contribution in [2.24, 2.45) is 0 Å². The quantitative estimate of drug-likeness (QED) is 0.829. The van der Waals surface area contributed by atoms with Crippen LogP contribution in [-0.4, -0.2) is 34.2 Å². The van der Waals surface area contributed by atoms with Crippen molar-refractivity contribution < 1.29 is 19.0 Å². The number of carbonyl (C=O) groups is 1. The highest BCUT2D eigenvalue weighted by Gasteiger charge is 2.26. The number of rotatable bonds is 6. The molecule has 0 saturated carbocycles. The number of anilines is 1. The Morgan fingerprint density at radius 1 is 1.00 bits per heavy atom. The summed E-state index contributed by atoms with van der Waals surface area (Å²) in [7, 11) is 6.36. The van der Waals surface area contributed by atoms with Crippen molar-refractivity contribution in [1.82, 2.24) is 0 Å². The maximum Gasteiger partial charge on any atom is 0.202 e. The fourth-order valence-corrected chi connectivity index (χ4v) is 2.60. The molecule has 0 spiro atoms. The van der Waals surface area contributed by atoms with Gasteiger partial charge in [-0.1, -0.05) is 12.1 Å². The number of para-hydroxylation sites is 1. The van der Waals surface area contributed by atoms with Crippen LogP contribution in [-0.2, 0) is 0 Å². The molecule has 1 N–H and O–H groups in total. The lowest BCUT2D eigenvalue weighted by molar-refractivity contribution is 0.103. The lowest BCUT2D eigenvalue weighted by Crippen LogP contribution is -2.10. The molecule has 0 bridgehead atoms. The van der Waals surface area contributed by atoms with E-state index in [0.29, 0.717) is 28.4 Å². The molecule has 2 aromatic carbocycles. The summed E-state index contributed by atoms with van der Waals surface area (Å²) in [5.74, 6) is 1.16. The van der Waals surface area contributed by atoms with Gasteiger partial charge in [-0.05, 0) is 30.7 Å². The predicted octanol–water partition coefficient (Wildman–Crippen LogP) is 3.29. The molecule has 0 aliphatic rings. The van der Waals surface area contributed by atoms with Crippen molar-refractivity contribution in [2.75, 3.05) is 33.7 Å². The lowest BCUT2D eigenvalue weighted by atomic mass is 9.97. The van der Waals surface area contributed by atoms with E-state index in [0.717, 1.165) is 11.3 Å². The van der Waals surface area contributed by atoms with Crippen molar-refractivity contribution in [3.8, 4) is 17.2 Å². The molecule has 2 rings (SSSR count). The molecule has 0 fully saturated rings. The molecular weight excluding hydrogens is 294 g/mol. The number of methoxy groups -OCH3 is 3. The fraction of sp³-hybridized carbons (Fsp3) is 0.278. The molecule has 0 aliphatic carbocycles. The van der Waals surface area contributed by atoms with Crippen LogP contribution >= 0.6 is 0 Å². The number of hydrogen-bond acceptors (Lipinski definition) is 5. The third kappa shape index (κ3) is 2.95. The number of carbonyl (C=O) groups excluding carboxylic acids is 1. The smallest absolute Gasteiger partial charge is 0.202 e. The first-order valence-electron chi connectivity index (χ1n) is 7.20. The Labute approximate surface area is 136 Å². The highest BCUT2D eigenvalue weighted by atomic mass is 16.5. The zero-order valence-corrected chi connectivity index (χ0v) is 14.0. The van der Waals surface area contributed by atoms with Gasteiger partial charge in [0.1, 0.15) is 11.3 Å². The molecule has 0 radical (unpaired) electrons. The first-order chi connectivity index (χ1) is 11.1. The van der Waals surface area contributed by atoms with E-state index in [1.165, 1.54) is 14.2 Å². The van der Waals surface area contributed by atoms with Gasteiger partial charge in [0.05, 0.1) is 21.3 Å². The third-order valence-electron chi connectivity index (χ3n) is 3.68. The Hall–Kier alpha value is -2.69. The number of ketones is 1. The maximum atomic E-state index is 13.1. The molecule has 0 aromatic heterocycles. The predicted molar refractivity (Wildman–Crippen MR) is 90.3 cm³/mol. The van der Waals surface area contributed by atoms with Crippen LogP contribution in [0.3, 0.4) is 0 Å². The Kier molecular flexibility index (Phi) is 5.11. The zero-order valence-electron chi connectivity index (χ0n) is 14.0. The van der Waals surface area contributed by atoms with Crippen molar-refractivity contribution >= 4 is 11.5 Å². The van der Waals surface area contributed by atoms with E-state index in [2.05, 4.69) is 5.32 Å². The second kappa shape index (κ2) is 7.05. The summed E-state index contributed by atoms with van der Waals surface area (Å²) in [6.45, 7) is 1.87. The van der Waals surface area contributed by atoms with Crippen molar-refractivity contribution in [1.29, 1.82) is 0 Å². The standard InChI is InChI=1S/C18H21NO4/c1-11-10-14(21-3)15(18(23-5)17(11)22-4)16(20)12-8-6-7-9-13(12)19-2/h6-10,19H,1-5H3. The molecule has 0 saturated heterocycles. The van der Waals surface area contributed by atoms with Gasteiger partial charge in [-0.15, -0.1) is 0 Å². The summed E-state index contributed by atoms with van der Waals surface area (Å²) >= 11 is 0. The van der Waals surface area contributed by atoms with E-state index in [9.17, 15) is 4.79 Å². The fourth-order valence-electron chi connectivity index (χ4n) is 2.60. The minimum Gasteiger partial charge on any atom is -0.496 e. The molecule has 5 heteroatoms. The molecule has 0 atom stereocenters. The number of ether oxygens (including phenoxy) is 3. The largest absolute Gasteiger partial charge is 0.496 e. The minimum atomic E-state index is -0.193. The molecule has 23 heavy (non-hydrogen) atoms. The van der Waals surface area contributed by atoms with Gasteiger partial charge in [0.2, 0.25) is 5.78 Å². The van der Waals surface area contributed by atoms with Gasteiger partial charge in [-0.25, -0.2) is 0 Å². The number of nitrogens with one attached hydrogen (secondary N) is 1. The van der Waals surface area contributed by atoms with Gasteiger partial charge in [-0.2, -0.15) is 0 Å². The van der Waals surface area contributed by atoms with Crippen molar-refractivity contribution in [3.63, 3.8) is 0 Å². The average Bonchev–Trinajstić information content (AvgIpc) is 2.59. The Bertz CT molecular complexity index is 725. The third-order valence-corrected chi connectivity index (χ3v) is 3.68. The van der Waals surface area contributed by atoms with Gasteiger partial charge in [-0.3, -0.25) is 4.79 Å². The van der Waals surface area contributed by atoms with E-state index in [4.69, 9.17) is 14.2 Å². The van der Waals surface area contributed by atoms with Crippen LogP contribution in [0.25, 0.3) is 0 Å². The number of benzene rings is 2. The van der Waals surface area contributed by atoms with Crippen LogP contribution in [0.15, 0.2) is 30.3 Å². The second-order valence-electron chi connectivity index (χ2n) is 4.96. The van der Waals surface area contributed by atoms with Crippen molar-refractivity contribution in [2.45, 2.75) is 6.92 Å². The normalized spacial score (nSPS) is 10.1. The van der Waals surface area contributed by atoms with Gasteiger partial charge in [0, 0.05) is 18.3 Å². The van der Waals surface area contributed by atoms with Gasteiger partial charge in [0.15, 0.2) is 11.5 Å². The molecule has 2 aromatic rings. The van der Waals surface area contributed by atoms with E-state index in [1.807, 2.05) is 25.1 Å². The van der Waals surface area contributed by atoms with E-state index < -0.39 is 0 Å². The molecule has 0 unspecified atom stereocenters. The summed E-state index contributed by atoms with van der Waals surface area (Å²) < 4.78 is 16.3. The van der Waals surface area contributed by atoms with Crippen LogP contribution in [0.2, 0.25) is 0 Å². The molecule has 122 valence electrons. The SMILES string of the molecule is CNc1ccccc1C(=O)c1c(OC)cc(C)c(OC)c1OC. The maximum absolute atomic E-state index is 13.1. The Balaban J connectivity index is 2.73. The lowest BCUT2D eigenvalue weighted by Gasteiger charge is -2.18. The second-order valence-corrected chi connectivity index (χ2v) is 4.96. The number of hydrogen-bond donors (Lipinski definition) is 1. The Morgan fingerprint density at radius 3 is 2.22 bits per heavy atom. The van der Waals surface area contributed by atoms with Crippen LogP contribution in [0, 0.1) is 6.92 Å². The minimum absolute atomic E-state index is 0.193. The first kappa shape index (κ1) is 16.7. The van der Waals surface area contributed by atoms with Crippen LogP contribution in [0.1, 0.15) is 21.5 Å². The molecule has 0 aliphatic heterocycles. The highest BCUT2D eigenvalue weighted by molar-refractivity contribution is 6.16. The summed E-state index contributed by atoms with van der Waals surface area (Å²) in [4.78, 5) is 13.1. The summed E-state index contributed by atoms with van der Waals surface area (Å²) in [6.07, 6.45) is 0. The average molecular weight is 315 g/mol. The van der Waals surface area contributed by atoms with Gasteiger partial charge >= 0.3 is 0 Å². The van der Waals surface area contributed by atoms with E-state index in [-0.39, 0.29) is 5.78 Å². The van der Waals surface area contributed by atoms with E-state index in [1.54, 1.807) is 26.3 Å². The molecule has 0 amide bonds. The summed E-state index contributed by atoms with van der Waals surface area (Å²) in [5, 5.41) is 3.03. The number of aryl methyl sites for hydroxylation is 1. The Morgan fingerprint density at radius 2 is 1.65 bits per heavy atom. The van der Waals surface area contributed by atoms with E-state index >= 15 is 0 Å². The van der Waals surface area contributed by atoms with Crippen LogP contribution in [0.5, 0.6) is 17.2 Å². The van der Waals surface area contributed by atoms with Gasteiger partial charge in [0.25, 0.3) is 0 Å². The van der Waals surface area contributed by atoms with Crippen LogP contribution < -0.4 is 19.5 Å². The van der Waals surface area contributed by atoms with Gasteiger partial charge < -0.3 is 19.5 Å².